The molecular formula is C13H17NO4S2. The summed E-state index contributed by atoms with van der Waals surface area (Å²) < 4.78 is 24.2. The minimum atomic E-state index is -3.30. The Hall–Kier alpha value is -1.21. The third-order valence-electron chi connectivity index (χ3n) is 3.38. The highest BCUT2D eigenvalue weighted by molar-refractivity contribution is 8.72. The Morgan fingerprint density at radius 1 is 1.25 bits per heavy atom. The Labute approximate surface area is 122 Å². The normalized spacial score (nSPS) is 17.1. The predicted octanol–water partition coefficient (Wildman–Crippen LogP) is 2.50. The third-order valence-corrected chi connectivity index (χ3v) is 7.06. The van der Waals surface area contributed by atoms with Crippen LogP contribution in [0.3, 0.4) is 0 Å². The van der Waals surface area contributed by atoms with Crippen molar-refractivity contribution in [2.45, 2.75) is 17.7 Å². The van der Waals surface area contributed by atoms with Crippen molar-refractivity contribution in [3.05, 3.63) is 30.3 Å². The number of piperidine rings is 1. The number of likely N-dealkylation sites (tertiary alicyclic amines) is 1. The van der Waals surface area contributed by atoms with Gasteiger partial charge in [-0.1, -0.05) is 18.2 Å². The molecule has 1 N–H and O–H groups in total. The molecule has 0 spiro atoms. The monoisotopic (exact) mass is 315 g/mol. The van der Waals surface area contributed by atoms with Gasteiger partial charge in [-0.15, -0.1) is 0 Å². The van der Waals surface area contributed by atoms with Crippen LogP contribution in [0.25, 0.3) is 0 Å². The van der Waals surface area contributed by atoms with Crippen LogP contribution < -0.4 is 0 Å². The average molecular weight is 315 g/mol. The molecule has 2 rings (SSSR count). The summed E-state index contributed by atoms with van der Waals surface area (Å²) >= 11 is 0. The number of rotatable bonds is 4. The van der Waals surface area contributed by atoms with Gasteiger partial charge in [0.2, 0.25) is 8.87 Å². The molecule has 1 aliphatic rings. The van der Waals surface area contributed by atoms with Gasteiger partial charge in [0, 0.05) is 18.8 Å². The van der Waals surface area contributed by atoms with E-state index in [1.54, 1.807) is 30.3 Å². The van der Waals surface area contributed by atoms with E-state index in [2.05, 4.69) is 0 Å². The van der Waals surface area contributed by atoms with Crippen molar-refractivity contribution in [2.24, 2.45) is 5.92 Å². The van der Waals surface area contributed by atoms with Crippen LogP contribution in [0.2, 0.25) is 0 Å². The zero-order valence-corrected chi connectivity index (χ0v) is 12.6. The van der Waals surface area contributed by atoms with Gasteiger partial charge >= 0.3 is 6.09 Å². The molecule has 1 saturated heterocycles. The van der Waals surface area contributed by atoms with E-state index in [0.29, 0.717) is 23.7 Å². The van der Waals surface area contributed by atoms with Gasteiger partial charge in [-0.2, -0.15) is 0 Å². The maximum Gasteiger partial charge on any atom is 0.407 e. The van der Waals surface area contributed by atoms with Crippen molar-refractivity contribution in [3.8, 4) is 0 Å². The molecule has 0 radical (unpaired) electrons. The average Bonchev–Trinajstić information content (AvgIpc) is 2.46. The van der Waals surface area contributed by atoms with Gasteiger partial charge < -0.3 is 10.0 Å². The molecule has 0 aromatic heterocycles. The summed E-state index contributed by atoms with van der Waals surface area (Å²) in [4.78, 5) is 12.5. The van der Waals surface area contributed by atoms with Gasteiger partial charge in [0.05, 0.1) is 4.90 Å². The molecule has 20 heavy (non-hydrogen) atoms. The van der Waals surface area contributed by atoms with Gasteiger partial charge in [0.15, 0.2) is 0 Å². The number of hydrogen-bond acceptors (Lipinski definition) is 4. The molecule has 0 saturated carbocycles. The molecule has 0 aliphatic carbocycles. The van der Waals surface area contributed by atoms with E-state index in [4.69, 9.17) is 5.11 Å². The van der Waals surface area contributed by atoms with E-state index in [0.717, 1.165) is 23.6 Å². The molecule has 7 heteroatoms. The molecule has 1 amide bonds. The predicted molar refractivity (Wildman–Crippen MR) is 78.4 cm³/mol. The van der Waals surface area contributed by atoms with Crippen LogP contribution in [0.1, 0.15) is 12.8 Å². The van der Waals surface area contributed by atoms with Crippen LogP contribution in [0.5, 0.6) is 0 Å². The summed E-state index contributed by atoms with van der Waals surface area (Å²) in [5.41, 5.74) is 0. The molecule has 5 nitrogen and oxygen atoms in total. The van der Waals surface area contributed by atoms with Crippen LogP contribution in [0.15, 0.2) is 35.2 Å². The zero-order valence-electron chi connectivity index (χ0n) is 10.9. The Morgan fingerprint density at radius 3 is 2.40 bits per heavy atom. The number of carboxylic acid groups (broad SMARTS) is 1. The topological polar surface area (TPSA) is 74.7 Å². The van der Waals surface area contributed by atoms with Crippen LogP contribution in [0.4, 0.5) is 4.79 Å². The number of amides is 1. The van der Waals surface area contributed by atoms with Crippen LogP contribution in [0, 0.1) is 5.92 Å². The summed E-state index contributed by atoms with van der Waals surface area (Å²) in [6.07, 6.45) is 0.556. The Bertz CT molecular complexity index is 551. The highest BCUT2D eigenvalue weighted by Gasteiger charge is 2.24. The molecule has 1 aromatic carbocycles. The van der Waals surface area contributed by atoms with Crippen molar-refractivity contribution >= 4 is 25.8 Å². The van der Waals surface area contributed by atoms with Crippen LogP contribution in [-0.4, -0.2) is 43.4 Å². The first-order valence-corrected chi connectivity index (χ1v) is 9.40. The standard InChI is InChI=1S/C13H17NO4S2/c15-13(16)14-8-6-11(7-9-14)10-19-20(17,18)12-4-2-1-3-5-12/h1-5,11H,6-10H2,(H,15,16). The fourth-order valence-electron chi connectivity index (χ4n) is 2.13. The SMILES string of the molecule is O=C(O)N1CCC(CSS(=O)(=O)c2ccccc2)CC1. The molecule has 1 fully saturated rings. The summed E-state index contributed by atoms with van der Waals surface area (Å²) in [5, 5.41) is 8.86. The summed E-state index contributed by atoms with van der Waals surface area (Å²) in [6.45, 7) is 0.984. The number of hydrogen-bond donors (Lipinski definition) is 1. The summed E-state index contributed by atoms with van der Waals surface area (Å²) in [6, 6.07) is 8.38. The fraction of sp³-hybridized carbons (Fsp3) is 0.462. The Morgan fingerprint density at radius 2 is 1.85 bits per heavy atom. The second-order valence-electron chi connectivity index (χ2n) is 4.76. The highest BCUT2D eigenvalue weighted by Crippen LogP contribution is 2.28. The second kappa shape index (κ2) is 6.49. The lowest BCUT2D eigenvalue weighted by Gasteiger charge is -2.29. The molecule has 1 aromatic rings. The number of benzene rings is 1. The van der Waals surface area contributed by atoms with E-state index in [-0.39, 0.29) is 5.92 Å². The van der Waals surface area contributed by atoms with Crippen LogP contribution in [-0.2, 0) is 8.87 Å². The molecule has 1 aliphatic heterocycles. The number of nitrogens with zero attached hydrogens (tertiary/aromatic N) is 1. The highest BCUT2D eigenvalue weighted by atomic mass is 33.1. The first kappa shape index (κ1) is 15.2. The summed E-state index contributed by atoms with van der Waals surface area (Å²) in [7, 11) is -2.35. The van der Waals surface area contributed by atoms with Crippen molar-refractivity contribution in [1.82, 2.24) is 4.90 Å². The largest absolute Gasteiger partial charge is 0.465 e. The minimum Gasteiger partial charge on any atom is -0.465 e. The van der Waals surface area contributed by atoms with E-state index < -0.39 is 15.0 Å². The quantitative estimate of drug-likeness (QED) is 0.864. The lowest BCUT2D eigenvalue weighted by Crippen LogP contribution is -2.38. The Balaban J connectivity index is 1.86. The van der Waals surface area contributed by atoms with Gasteiger partial charge in [-0.25, -0.2) is 13.2 Å². The van der Waals surface area contributed by atoms with Crippen molar-refractivity contribution in [1.29, 1.82) is 0 Å². The zero-order chi connectivity index (χ0) is 14.6. The van der Waals surface area contributed by atoms with E-state index in [1.165, 1.54) is 4.90 Å². The van der Waals surface area contributed by atoms with Gasteiger partial charge in [-0.05, 0) is 41.7 Å². The van der Waals surface area contributed by atoms with Crippen molar-refractivity contribution in [3.63, 3.8) is 0 Å². The first-order chi connectivity index (χ1) is 9.49. The van der Waals surface area contributed by atoms with Gasteiger partial charge in [-0.3, -0.25) is 0 Å². The third kappa shape index (κ3) is 3.89. The van der Waals surface area contributed by atoms with Crippen molar-refractivity contribution < 1.29 is 18.3 Å². The molecule has 0 bridgehead atoms. The maximum absolute atomic E-state index is 12.1. The summed E-state index contributed by atoms with van der Waals surface area (Å²) in [5.74, 6) is 0.777. The lowest BCUT2D eigenvalue weighted by atomic mass is 9.99. The van der Waals surface area contributed by atoms with E-state index in [1.807, 2.05) is 0 Å². The molecule has 0 unspecified atom stereocenters. The van der Waals surface area contributed by atoms with Gasteiger partial charge in [0.25, 0.3) is 0 Å². The van der Waals surface area contributed by atoms with Crippen LogP contribution >= 0.6 is 10.8 Å². The first-order valence-electron chi connectivity index (χ1n) is 6.41. The maximum atomic E-state index is 12.1. The van der Waals surface area contributed by atoms with Crippen molar-refractivity contribution in [2.75, 3.05) is 18.8 Å². The minimum absolute atomic E-state index is 0.258. The van der Waals surface area contributed by atoms with Gasteiger partial charge in [0.1, 0.15) is 0 Å². The smallest absolute Gasteiger partial charge is 0.407 e. The number of carbonyl (C=O) groups is 1. The second-order valence-corrected chi connectivity index (χ2v) is 8.74. The Kier molecular flexibility index (Phi) is 4.93. The van der Waals surface area contributed by atoms with E-state index in [9.17, 15) is 13.2 Å². The lowest BCUT2D eigenvalue weighted by molar-refractivity contribution is 0.127. The molecular weight excluding hydrogens is 298 g/mol. The van der Waals surface area contributed by atoms with E-state index >= 15 is 0 Å². The molecule has 110 valence electrons. The molecule has 0 atom stereocenters. The fourth-order valence-corrected chi connectivity index (χ4v) is 5.32. The molecule has 1 heterocycles.